The molecule has 0 fully saturated rings. The van der Waals surface area contributed by atoms with Crippen molar-refractivity contribution in [3.63, 3.8) is 0 Å². The van der Waals surface area contributed by atoms with E-state index in [1.54, 1.807) is 6.20 Å². The fraction of sp³-hybridized carbons (Fsp3) is 0.250. The number of carbonyl (C=O) groups is 2. The summed E-state index contributed by atoms with van der Waals surface area (Å²) in [6, 6.07) is 12.9. The number of fused-ring (bicyclic) bond motifs is 1. The zero-order chi connectivity index (χ0) is 19.5. The van der Waals surface area contributed by atoms with Gasteiger partial charge in [0.05, 0.1) is 0 Å². The zero-order valence-electron chi connectivity index (χ0n) is 15.3. The number of nitrogens with zero attached hydrogens (tertiary/aromatic N) is 3. The van der Waals surface area contributed by atoms with Crippen LogP contribution in [0.1, 0.15) is 46.8 Å². The highest BCUT2D eigenvalue weighted by atomic mass is 16.2. The Morgan fingerprint density at radius 1 is 1.21 bits per heavy atom. The molecule has 0 spiro atoms. The Bertz CT molecular complexity index is 1000. The van der Waals surface area contributed by atoms with Crippen LogP contribution in [-0.4, -0.2) is 38.0 Å². The van der Waals surface area contributed by atoms with Gasteiger partial charge in [-0.1, -0.05) is 43.3 Å². The van der Waals surface area contributed by atoms with E-state index in [1.165, 1.54) is 0 Å². The van der Waals surface area contributed by atoms with Crippen LogP contribution in [0, 0.1) is 0 Å². The van der Waals surface area contributed by atoms with Crippen LogP contribution in [-0.2, 0) is 11.2 Å². The number of pyridine rings is 1. The maximum absolute atomic E-state index is 12.6. The van der Waals surface area contributed by atoms with Crippen molar-refractivity contribution in [1.82, 2.24) is 25.5 Å². The van der Waals surface area contributed by atoms with Crippen LogP contribution in [0.2, 0.25) is 0 Å². The minimum atomic E-state index is -0.687. The topological polar surface area (TPSA) is 113 Å². The second-order valence-corrected chi connectivity index (χ2v) is 6.86. The van der Waals surface area contributed by atoms with Crippen LogP contribution >= 0.6 is 0 Å². The van der Waals surface area contributed by atoms with Crippen molar-refractivity contribution in [2.24, 2.45) is 0 Å². The summed E-state index contributed by atoms with van der Waals surface area (Å²) in [5.74, 6) is 0.436. The van der Waals surface area contributed by atoms with Crippen molar-refractivity contribution < 1.29 is 9.59 Å². The summed E-state index contributed by atoms with van der Waals surface area (Å²) in [5, 5.41) is 12.3. The summed E-state index contributed by atoms with van der Waals surface area (Å²) < 4.78 is 0. The van der Waals surface area contributed by atoms with E-state index < -0.39 is 11.9 Å². The van der Waals surface area contributed by atoms with Gasteiger partial charge in [0, 0.05) is 12.6 Å². The van der Waals surface area contributed by atoms with Gasteiger partial charge < -0.3 is 10.6 Å². The predicted molar refractivity (Wildman–Crippen MR) is 103 cm³/mol. The van der Waals surface area contributed by atoms with Crippen LogP contribution in [0.25, 0.3) is 0 Å². The molecule has 0 unspecified atom stereocenters. The van der Waals surface area contributed by atoms with Crippen molar-refractivity contribution in [2.45, 2.75) is 31.7 Å². The third-order valence-corrected chi connectivity index (χ3v) is 4.77. The Labute approximate surface area is 161 Å². The average Bonchev–Trinajstić information content (AvgIpc) is 3.12. The number of hydrogen-bond donors (Lipinski definition) is 3. The highest BCUT2D eigenvalue weighted by Gasteiger charge is 2.30. The molecule has 8 heteroatoms. The van der Waals surface area contributed by atoms with Gasteiger partial charge in [0.15, 0.2) is 0 Å². The fourth-order valence-electron chi connectivity index (χ4n) is 3.32. The van der Waals surface area contributed by atoms with Gasteiger partial charge in [-0.3, -0.25) is 14.7 Å². The molecule has 0 radical (unpaired) electrons. The number of aromatic nitrogens is 4. The highest BCUT2D eigenvalue weighted by molar-refractivity contribution is 6.00. The smallest absolute Gasteiger partial charge is 0.291 e. The molecule has 0 aliphatic carbocycles. The Morgan fingerprint density at radius 3 is 2.86 bits per heavy atom. The maximum Gasteiger partial charge on any atom is 0.291 e. The highest BCUT2D eigenvalue weighted by Crippen LogP contribution is 2.29. The summed E-state index contributed by atoms with van der Waals surface area (Å²) in [4.78, 5) is 33.6. The van der Waals surface area contributed by atoms with Gasteiger partial charge in [-0.05, 0) is 29.5 Å². The third-order valence-electron chi connectivity index (χ3n) is 4.77. The number of aromatic amines is 1. The largest absolute Gasteiger partial charge is 0.337 e. The molecule has 3 N–H and O–H groups in total. The van der Waals surface area contributed by atoms with E-state index in [0.29, 0.717) is 24.5 Å². The van der Waals surface area contributed by atoms with Gasteiger partial charge >= 0.3 is 0 Å². The standard InChI is InChI=1S/C20H20N6O2/c1-12-10-15(19(27)24-17-14(12)8-5-9-21-17)22-20(28)18-23-16(25-26-18)11-13-6-3-2-4-7-13/h2-9,12,15H,10-11H2,1H3,(H,22,28)(H,21,24,27)(H,23,25,26)/t12-,15+/m0/s1. The Kier molecular flexibility index (Phi) is 4.84. The monoisotopic (exact) mass is 376 g/mol. The maximum atomic E-state index is 12.6. The van der Waals surface area contributed by atoms with Crippen LogP contribution in [0.5, 0.6) is 0 Å². The molecule has 28 heavy (non-hydrogen) atoms. The van der Waals surface area contributed by atoms with Gasteiger partial charge in [0.25, 0.3) is 5.91 Å². The van der Waals surface area contributed by atoms with Crippen molar-refractivity contribution in [3.05, 3.63) is 71.4 Å². The lowest BCUT2D eigenvalue weighted by molar-refractivity contribution is -0.118. The number of benzene rings is 1. The number of H-pyrrole nitrogens is 1. The van der Waals surface area contributed by atoms with Crippen LogP contribution in [0.15, 0.2) is 48.7 Å². The summed E-state index contributed by atoms with van der Waals surface area (Å²) in [7, 11) is 0. The Morgan fingerprint density at radius 2 is 2.04 bits per heavy atom. The molecule has 2 atom stereocenters. The minimum absolute atomic E-state index is 0.0197. The normalized spacial score (nSPS) is 18.7. The molecule has 0 bridgehead atoms. The first-order chi connectivity index (χ1) is 13.6. The molecule has 1 aromatic carbocycles. The van der Waals surface area contributed by atoms with Gasteiger partial charge in [0.1, 0.15) is 17.7 Å². The average molecular weight is 376 g/mol. The second-order valence-electron chi connectivity index (χ2n) is 6.86. The number of hydrogen-bond acceptors (Lipinski definition) is 5. The number of rotatable bonds is 4. The third kappa shape index (κ3) is 3.75. The molecule has 142 valence electrons. The van der Waals surface area contributed by atoms with Crippen LogP contribution in [0.3, 0.4) is 0 Å². The van der Waals surface area contributed by atoms with E-state index >= 15 is 0 Å². The quantitative estimate of drug-likeness (QED) is 0.645. The Hall–Kier alpha value is -3.55. The lowest BCUT2D eigenvalue weighted by Gasteiger charge is -2.16. The lowest BCUT2D eigenvalue weighted by Crippen LogP contribution is -2.43. The summed E-state index contributed by atoms with van der Waals surface area (Å²) in [6.45, 7) is 2.00. The SMILES string of the molecule is C[C@H]1C[C@@H](NC(=O)c2n[nH]c(Cc3ccccc3)n2)C(=O)Nc2ncccc21. The number of anilines is 1. The molecule has 2 amide bonds. The van der Waals surface area contributed by atoms with E-state index in [2.05, 4.69) is 30.8 Å². The second kappa shape index (κ2) is 7.59. The number of nitrogens with one attached hydrogen (secondary N) is 3. The van der Waals surface area contributed by atoms with Crippen molar-refractivity contribution in [1.29, 1.82) is 0 Å². The van der Waals surface area contributed by atoms with Crippen molar-refractivity contribution >= 4 is 17.6 Å². The van der Waals surface area contributed by atoms with E-state index in [4.69, 9.17) is 0 Å². The molecule has 3 heterocycles. The number of carbonyl (C=O) groups excluding carboxylic acids is 2. The van der Waals surface area contributed by atoms with Crippen LogP contribution in [0.4, 0.5) is 5.82 Å². The van der Waals surface area contributed by atoms with E-state index in [9.17, 15) is 9.59 Å². The first-order valence-corrected chi connectivity index (χ1v) is 9.12. The summed E-state index contributed by atoms with van der Waals surface area (Å²) >= 11 is 0. The lowest BCUT2D eigenvalue weighted by atomic mass is 9.95. The molecule has 0 saturated heterocycles. The van der Waals surface area contributed by atoms with Gasteiger partial charge in [-0.2, -0.15) is 0 Å². The summed E-state index contributed by atoms with van der Waals surface area (Å²) in [5.41, 5.74) is 2.02. The molecule has 2 aromatic heterocycles. The van der Waals surface area contributed by atoms with Crippen molar-refractivity contribution in [3.8, 4) is 0 Å². The number of amides is 2. The molecule has 4 rings (SSSR count). The molecule has 1 aliphatic heterocycles. The van der Waals surface area contributed by atoms with Gasteiger partial charge in [-0.25, -0.2) is 9.97 Å². The molecule has 3 aromatic rings. The zero-order valence-corrected chi connectivity index (χ0v) is 15.3. The van der Waals surface area contributed by atoms with Crippen molar-refractivity contribution in [2.75, 3.05) is 5.32 Å². The minimum Gasteiger partial charge on any atom is -0.337 e. The molecular weight excluding hydrogens is 356 g/mol. The predicted octanol–water partition coefficient (Wildman–Crippen LogP) is 2.03. The first kappa shape index (κ1) is 17.8. The summed E-state index contributed by atoms with van der Waals surface area (Å²) in [6.07, 6.45) is 2.65. The van der Waals surface area contributed by atoms with E-state index in [-0.39, 0.29) is 17.6 Å². The molecule has 8 nitrogen and oxygen atoms in total. The Balaban J connectivity index is 1.44. The van der Waals surface area contributed by atoms with E-state index in [1.807, 2.05) is 49.4 Å². The molecule has 0 saturated carbocycles. The van der Waals surface area contributed by atoms with Gasteiger partial charge in [-0.15, -0.1) is 5.10 Å². The first-order valence-electron chi connectivity index (χ1n) is 9.12. The molecule has 1 aliphatic rings. The van der Waals surface area contributed by atoms with Crippen LogP contribution < -0.4 is 10.6 Å². The fourth-order valence-corrected chi connectivity index (χ4v) is 3.32. The molecular formula is C20H20N6O2. The van der Waals surface area contributed by atoms with Gasteiger partial charge in [0.2, 0.25) is 11.7 Å². The van der Waals surface area contributed by atoms with E-state index in [0.717, 1.165) is 11.1 Å².